The normalized spacial score (nSPS) is 11.0. The highest BCUT2D eigenvalue weighted by Crippen LogP contribution is 2.21. The van der Waals surface area contributed by atoms with Gasteiger partial charge in [-0.2, -0.15) is 0 Å². The molecule has 8 nitrogen and oxygen atoms in total. The van der Waals surface area contributed by atoms with E-state index in [1.54, 1.807) is 30.3 Å². The average Bonchev–Trinajstić information content (AvgIpc) is 3.00. The van der Waals surface area contributed by atoms with Crippen molar-refractivity contribution in [3.63, 3.8) is 0 Å². The van der Waals surface area contributed by atoms with Gasteiger partial charge in [0.2, 0.25) is 5.88 Å². The lowest BCUT2D eigenvalue weighted by Gasteiger charge is -2.04. The molecule has 3 rings (SSSR count). The van der Waals surface area contributed by atoms with Crippen LogP contribution in [0.3, 0.4) is 0 Å². The van der Waals surface area contributed by atoms with Crippen LogP contribution in [0.25, 0.3) is 5.65 Å². The zero-order valence-corrected chi connectivity index (χ0v) is 16.6. The second-order valence-electron chi connectivity index (χ2n) is 6.32. The van der Waals surface area contributed by atoms with E-state index in [4.69, 9.17) is 26.8 Å². The van der Waals surface area contributed by atoms with Gasteiger partial charge in [-0.1, -0.05) is 46.1 Å². The van der Waals surface area contributed by atoms with E-state index in [-0.39, 0.29) is 18.3 Å². The monoisotopic (exact) mass is 404 g/mol. The van der Waals surface area contributed by atoms with Crippen LogP contribution < -0.4 is 19.9 Å². The maximum atomic E-state index is 12.6. The molecule has 0 spiro atoms. The Morgan fingerprint density at radius 3 is 2.86 bits per heavy atom. The van der Waals surface area contributed by atoms with E-state index >= 15 is 0 Å². The van der Waals surface area contributed by atoms with E-state index in [2.05, 4.69) is 17.1 Å². The molecule has 0 radical (unpaired) electrons. The molecule has 0 atom stereocenters. The average molecular weight is 405 g/mol. The van der Waals surface area contributed by atoms with Crippen LogP contribution in [0, 0.1) is 0 Å². The second kappa shape index (κ2) is 8.88. The number of carbonyl (C=O) groups excluding carboxylic acids is 1. The van der Waals surface area contributed by atoms with E-state index in [0.717, 1.165) is 19.3 Å². The lowest BCUT2D eigenvalue weighted by Crippen LogP contribution is -2.42. The van der Waals surface area contributed by atoms with Crippen LogP contribution in [0.15, 0.2) is 30.3 Å². The largest absolute Gasteiger partial charge is 0.497 e. The van der Waals surface area contributed by atoms with Crippen molar-refractivity contribution < 1.29 is 19.0 Å². The SMILES string of the molecule is CCCCCOc1ccc2n[n+](CC(=O)c3cc(Cl)cc(OC)c3)c(N)n2n1. The number of fused-ring (bicyclic) bond motifs is 1. The number of Topliss-reactive ketones (excluding diaryl/α,β-unsaturated/α-hetero) is 1. The number of benzene rings is 1. The predicted octanol–water partition coefficient (Wildman–Crippen LogP) is 2.71. The van der Waals surface area contributed by atoms with Crippen molar-refractivity contribution in [2.75, 3.05) is 19.5 Å². The molecular weight excluding hydrogens is 382 g/mol. The Bertz CT molecular complexity index is 989. The molecule has 0 amide bonds. The highest BCUT2D eigenvalue weighted by molar-refractivity contribution is 6.31. The molecule has 0 saturated carbocycles. The first-order valence-electron chi connectivity index (χ1n) is 9.07. The number of nitrogen functional groups attached to an aromatic ring is 1. The fourth-order valence-electron chi connectivity index (χ4n) is 2.72. The first kappa shape index (κ1) is 19.9. The van der Waals surface area contributed by atoms with Crippen molar-refractivity contribution in [2.24, 2.45) is 0 Å². The molecule has 0 aliphatic carbocycles. The fraction of sp³-hybridized carbons (Fsp3) is 0.368. The van der Waals surface area contributed by atoms with E-state index in [0.29, 0.717) is 34.5 Å². The molecule has 0 saturated heterocycles. The number of hydrogen-bond acceptors (Lipinski definition) is 6. The number of ketones is 1. The highest BCUT2D eigenvalue weighted by Gasteiger charge is 2.21. The number of rotatable bonds is 9. The minimum absolute atomic E-state index is 0.0502. The van der Waals surface area contributed by atoms with E-state index in [1.165, 1.54) is 16.3 Å². The number of anilines is 1. The number of nitrogens with zero attached hydrogens (tertiary/aromatic N) is 4. The third-order valence-corrected chi connectivity index (χ3v) is 4.43. The van der Waals surface area contributed by atoms with Gasteiger partial charge in [0.1, 0.15) is 5.75 Å². The Kier molecular flexibility index (Phi) is 6.30. The Morgan fingerprint density at radius 1 is 1.29 bits per heavy atom. The molecule has 148 valence electrons. The third-order valence-electron chi connectivity index (χ3n) is 4.22. The molecule has 0 unspecified atom stereocenters. The Morgan fingerprint density at radius 2 is 2.11 bits per heavy atom. The Balaban J connectivity index is 1.79. The number of ether oxygens (including phenoxy) is 2. The smallest absolute Gasteiger partial charge is 0.401 e. The highest BCUT2D eigenvalue weighted by atomic mass is 35.5. The zero-order valence-electron chi connectivity index (χ0n) is 15.9. The van der Waals surface area contributed by atoms with E-state index in [9.17, 15) is 4.79 Å². The van der Waals surface area contributed by atoms with Crippen molar-refractivity contribution in [1.82, 2.24) is 14.7 Å². The Hall–Kier alpha value is -2.87. The van der Waals surface area contributed by atoms with Crippen molar-refractivity contribution in [2.45, 2.75) is 32.7 Å². The van der Waals surface area contributed by atoms with Crippen LogP contribution in [0.1, 0.15) is 36.5 Å². The molecule has 2 N–H and O–H groups in total. The zero-order chi connectivity index (χ0) is 20.1. The number of aromatic nitrogens is 4. The number of halogens is 1. The van der Waals surface area contributed by atoms with Gasteiger partial charge in [0.15, 0.2) is 12.3 Å². The van der Waals surface area contributed by atoms with Gasteiger partial charge >= 0.3 is 5.95 Å². The van der Waals surface area contributed by atoms with Crippen LogP contribution >= 0.6 is 11.6 Å². The van der Waals surface area contributed by atoms with Gasteiger partial charge in [-0.3, -0.25) is 10.5 Å². The molecule has 0 fully saturated rings. The summed E-state index contributed by atoms with van der Waals surface area (Å²) in [7, 11) is 1.52. The number of hydrogen-bond donors (Lipinski definition) is 1. The molecule has 28 heavy (non-hydrogen) atoms. The minimum Gasteiger partial charge on any atom is -0.497 e. The number of unbranched alkanes of at least 4 members (excludes halogenated alkanes) is 2. The number of methoxy groups -OCH3 is 1. The Labute approximate surface area is 167 Å². The maximum Gasteiger partial charge on any atom is 0.401 e. The summed E-state index contributed by atoms with van der Waals surface area (Å²) in [5.41, 5.74) is 7.08. The van der Waals surface area contributed by atoms with E-state index in [1.807, 2.05) is 0 Å². The summed E-state index contributed by atoms with van der Waals surface area (Å²) in [6, 6.07) is 8.33. The maximum absolute atomic E-state index is 12.6. The summed E-state index contributed by atoms with van der Waals surface area (Å²) in [6.45, 7) is 2.68. The molecular formula is C19H23ClN5O3+. The van der Waals surface area contributed by atoms with Crippen molar-refractivity contribution in [3.05, 3.63) is 40.9 Å². The van der Waals surface area contributed by atoms with Crippen LogP contribution in [0.5, 0.6) is 11.6 Å². The third kappa shape index (κ3) is 4.51. The van der Waals surface area contributed by atoms with Gasteiger partial charge in [0, 0.05) is 22.7 Å². The molecule has 0 aliphatic rings. The van der Waals surface area contributed by atoms with Crippen LogP contribution in [-0.4, -0.2) is 34.2 Å². The standard InChI is InChI=1S/C19H22ClN5O3/c1-3-4-5-8-28-18-7-6-17-22-24(19(21)25(17)23-18)12-16(26)13-9-14(20)11-15(10-13)27-2/h6-7,9-11,21H,3-5,8,12H2,1-2H3/p+1. The molecule has 2 aromatic heterocycles. The quantitative estimate of drug-likeness (QED) is 0.334. The van der Waals surface area contributed by atoms with Gasteiger partial charge in [-0.15, -0.1) is 4.68 Å². The van der Waals surface area contributed by atoms with Gasteiger partial charge in [-0.05, 0) is 24.6 Å². The van der Waals surface area contributed by atoms with Crippen molar-refractivity contribution in [1.29, 1.82) is 0 Å². The van der Waals surface area contributed by atoms with Crippen LogP contribution in [0.2, 0.25) is 5.02 Å². The molecule has 0 aliphatic heterocycles. The van der Waals surface area contributed by atoms with Crippen molar-refractivity contribution in [3.8, 4) is 11.6 Å². The first-order chi connectivity index (χ1) is 13.5. The number of carbonyl (C=O) groups is 1. The van der Waals surface area contributed by atoms with Gasteiger partial charge in [0.05, 0.1) is 13.7 Å². The summed E-state index contributed by atoms with van der Waals surface area (Å²) in [4.78, 5) is 12.6. The van der Waals surface area contributed by atoms with Crippen molar-refractivity contribution >= 4 is 29.0 Å². The summed E-state index contributed by atoms with van der Waals surface area (Å²) in [6.07, 6.45) is 3.19. The lowest BCUT2D eigenvalue weighted by molar-refractivity contribution is -0.723. The topological polar surface area (TPSA) is 95.6 Å². The molecule has 3 aromatic rings. The van der Waals surface area contributed by atoms with Crippen LogP contribution in [-0.2, 0) is 6.54 Å². The fourth-order valence-corrected chi connectivity index (χ4v) is 2.94. The summed E-state index contributed by atoms with van der Waals surface area (Å²) >= 11 is 6.04. The summed E-state index contributed by atoms with van der Waals surface area (Å²) < 4.78 is 13.7. The molecule has 2 heterocycles. The minimum atomic E-state index is -0.197. The number of nitrogens with two attached hydrogens (primary N) is 1. The second-order valence-corrected chi connectivity index (χ2v) is 6.75. The van der Waals surface area contributed by atoms with Crippen LogP contribution in [0.4, 0.5) is 5.95 Å². The lowest BCUT2D eigenvalue weighted by atomic mass is 10.1. The summed E-state index contributed by atoms with van der Waals surface area (Å²) in [5, 5.41) is 9.11. The van der Waals surface area contributed by atoms with E-state index < -0.39 is 0 Å². The summed E-state index contributed by atoms with van der Waals surface area (Å²) in [5.74, 6) is 1.01. The predicted molar refractivity (Wildman–Crippen MR) is 105 cm³/mol. The van der Waals surface area contributed by atoms with Gasteiger partial charge < -0.3 is 9.47 Å². The molecule has 0 bridgehead atoms. The van der Waals surface area contributed by atoms with Gasteiger partial charge in [0.25, 0.3) is 5.65 Å². The van der Waals surface area contributed by atoms with Gasteiger partial charge in [-0.25, -0.2) is 0 Å². The molecule has 9 heteroatoms. The first-order valence-corrected chi connectivity index (χ1v) is 9.45. The molecule has 1 aromatic carbocycles.